The first-order valence-corrected chi connectivity index (χ1v) is 10.4. The number of imidazole rings is 1. The van der Waals surface area contributed by atoms with E-state index in [0.717, 1.165) is 66.5 Å². The monoisotopic (exact) mass is 419 g/mol. The number of rotatable bonds is 5. The Morgan fingerprint density at radius 1 is 1.00 bits per heavy atom. The van der Waals surface area contributed by atoms with E-state index in [-0.39, 0.29) is 0 Å². The first-order chi connectivity index (χ1) is 14.7. The van der Waals surface area contributed by atoms with Gasteiger partial charge in [0.05, 0.1) is 29.1 Å². The van der Waals surface area contributed by atoms with Gasteiger partial charge in [-0.25, -0.2) is 9.97 Å². The van der Waals surface area contributed by atoms with Gasteiger partial charge in [0.1, 0.15) is 11.0 Å². The number of nitrogens with one attached hydrogen (secondary N) is 2. The lowest BCUT2D eigenvalue weighted by atomic mass is 10.1. The van der Waals surface area contributed by atoms with Gasteiger partial charge in [-0.3, -0.25) is 14.9 Å². The Morgan fingerprint density at radius 2 is 1.90 bits per heavy atom. The van der Waals surface area contributed by atoms with Crippen molar-refractivity contribution in [2.24, 2.45) is 0 Å². The molecule has 30 heavy (non-hydrogen) atoms. The molecule has 0 amide bonds. The molecule has 4 aromatic rings. The van der Waals surface area contributed by atoms with Gasteiger partial charge in [0, 0.05) is 56.6 Å². The molecule has 8 heteroatoms. The van der Waals surface area contributed by atoms with Crippen LogP contribution >= 0.6 is 11.6 Å². The zero-order chi connectivity index (χ0) is 20.3. The van der Waals surface area contributed by atoms with Crippen molar-refractivity contribution in [1.29, 1.82) is 0 Å². The fourth-order valence-corrected chi connectivity index (χ4v) is 3.89. The first kappa shape index (κ1) is 19.1. The van der Waals surface area contributed by atoms with Crippen molar-refractivity contribution in [3.8, 4) is 11.3 Å². The second-order valence-electron chi connectivity index (χ2n) is 7.50. The number of benzene rings is 1. The van der Waals surface area contributed by atoms with Gasteiger partial charge in [0.2, 0.25) is 0 Å². The molecule has 1 saturated heterocycles. The average molecular weight is 420 g/mol. The summed E-state index contributed by atoms with van der Waals surface area (Å²) < 4.78 is 0. The quantitative estimate of drug-likeness (QED) is 0.517. The SMILES string of the molecule is Clc1cnc(-c2ccc3nc(Cc4cc(CN5CCNCC5)ccn4)[nH]c3c2)cn1. The Kier molecular flexibility index (Phi) is 5.40. The Labute approximate surface area is 179 Å². The van der Waals surface area contributed by atoms with Crippen molar-refractivity contribution in [2.75, 3.05) is 26.2 Å². The molecular weight excluding hydrogens is 398 g/mol. The highest BCUT2D eigenvalue weighted by molar-refractivity contribution is 6.29. The summed E-state index contributed by atoms with van der Waals surface area (Å²) in [6.45, 7) is 5.24. The molecule has 3 aromatic heterocycles. The molecular formula is C22H22ClN7. The van der Waals surface area contributed by atoms with E-state index in [1.54, 1.807) is 12.4 Å². The van der Waals surface area contributed by atoms with Gasteiger partial charge in [0.25, 0.3) is 0 Å². The Bertz CT molecular complexity index is 1150. The number of fused-ring (bicyclic) bond motifs is 1. The van der Waals surface area contributed by atoms with Crippen LogP contribution in [0.1, 0.15) is 17.1 Å². The molecule has 0 unspecified atom stereocenters. The van der Waals surface area contributed by atoms with Crippen LogP contribution < -0.4 is 5.32 Å². The highest BCUT2D eigenvalue weighted by Crippen LogP contribution is 2.22. The molecule has 0 saturated carbocycles. The molecule has 5 rings (SSSR count). The maximum Gasteiger partial charge on any atom is 0.147 e. The van der Waals surface area contributed by atoms with Gasteiger partial charge in [-0.1, -0.05) is 17.7 Å². The molecule has 0 atom stereocenters. The molecule has 0 radical (unpaired) electrons. The number of hydrogen-bond acceptors (Lipinski definition) is 6. The van der Waals surface area contributed by atoms with E-state index < -0.39 is 0 Å². The van der Waals surface area contributed by atoms with Gasteiger partial charge in [-0.15, -0.1) is 0 Å². The van der Waals surface area contributed by atoms with Crippen LogP contribution in [0.3, 0.4) is 0 Å². The van der Waals surface area contributed by atoms with Crippen molar-refractivity contribution in [3.63, 3.8) is 0 Å². The summed E-state index contributed by atoms with van der Waals surface area (Å²) >= 11 is 5.84. The number of hydrogen-bond donors (Lipinski definition) is 2. The number of halogens is 1. The lowest BCUT2D eigenvalue weighted by Crippen LogP contribution is -2.42. The molecule has 1 fully saturated rings. The van der Waals surface area contributed by atoms with Crippen LogP contribution in [0.15, 0.2) is 48.9 Å². The summed E-state index contributed by atoms with van der Waals surface area (Å²) in [4.78, 5) is 23.6. The largest absolute Gasteiger partial charge is 0.342 e. The van der Waals surface area contributed by atoms with Crippen molar-refractivity contribution in [2.45, 2.75) is 13.0 Å². The third-order valence-corrected chi connectivity index (χ3v) is 5.49. The average Bonchev–Trinajstić information content (AvgIpc) is 3.16. The summed E-state index contributed by atoms with van der Waals surface area (Å²) in [7, 11) is 0. The topological polar surface area (TPSA) is 82.6 Å². The summed E-state index contributed by atoms with van der Waals surface area (Å²) in [5, 5.41) is 3.78. The smallest absolute Gasteiger partial charge is 0.147 e. The molecule has 1 aliphatic heterocycles. The molecule has 1 aliphatic rings. The van der Waals surface area contributed by atoms with Gasteiger partial charge < -0.3 is 10.3 Å². The molecule has 0 bridgehead atoms. The minimum Gasteiger partial charge on any atom is -0.342 e. The van der Waals surface area contributed by atoms with E-state index in [1.807, 2.05) is 24.4 Å². The standard InChI is InChI=1S/C22H22ClN7/c23-21-13-26-20(12-27-21)16-1-2-18-19(10-16)29-22(28-18)11-17-9-15(3-4-25-17)14-30-7-5-24-6-8-30/h1-4,9-10,12-13,24H,5-8,11,14H2,(H,28,29). The second-order valence-corrected chi connectivity index (χ2v) is 7.89. The third kappa shape index (κ3) is 4.33. The number of H-pyrrole nitrogens is 1. The van der Waals surface area contributed by atoms with Gasteiger partial charge in [0.15, 0.2) is 0 Å². The van der Waals surface area contributed by atoms with Crippen molar-refractivity contribution in [1.82, 2.24) is 35.1 Å². The maximum atomic E-state index is 5.84. The van der Waals surface area contributed by atoms with Crippen molar-refractivity contribution >= 4 is 22.6 Å². The maximum absolute atomic E-state index is 5.84. The molecule has 7 nitrogen and oxygen atoms in total. The van der Waals surface area contributed by atoms with E-state index in [0.29, 0.717) is 11.6 Å². The van der Waals surface area contributed by atoms with Gasteiger partial charge >= 0.3 is 0 Å². The Balaban J connectivity index is 1.34. The summed E-state index contributed by atoms with van der Waals surface area (Å²) in [6, 6.07) is 10.3. The Hall–Kier alpha value is -2.87. The number of aromatic amines is 1. The molecule has 4 heterocycles. The van der Waals surface area contributed by atoms with Crippen LogP contribution in [0.2, 0.25) is 5.15 Å². The van der Waals surface area contributed by atoms with Crippen molar-refractivity contribution < 1.29 is 0 Å². The molecule has 152 valence electrons. The Morgan fingerprint density at radius 3 is 2.73 bits per heavy atom. The predicted molar refractivity (Wildman–Crippen MR) is 117 cm³/mol. The van der Waals surface area contributed by atoms with E-state index in [9.17, 15) is 0 Å². The zero-order valence-electron chi connectivity index (χ0n) is 16.5. The number of pyridine rings is 1. The van der Waals surface area contributed by atoms with Crippen LogP contribution in [0.4, 0.5) is 0 Å². The molecule has 1 aromatic carbocycles. The van der Waals surface area contributed by atoms with E-state index in [1.165, 1.54) is 5.56 Å². The fraction of sp³-hybridized carbons (Fsp3) is 0.273. The summed E-state index contributed by atoms with van der Waals surface area (Å²) in [5.74, 6) is 0.899. The first-order valence-electron chi connectivity index (χ1n) is 10.1. The van der Waals surface area contributed by atoms with Gasteiger partial charge in [-0.05, 0) is 29.8 Å². The van der Waals surface area contributed by atoms with Crippen LogP contribution in [0, 0.1) is 0 Å². The van der Waals surface area contributed by atoms with Crippen LogP contribution in [0.25, 0.3) is 22.3 Å². The van der Waals surface area contributed by atoms with E-state index in [2.05, 4.69) is 42.3 Å². The van der Waals surface area contributed by atoms with Crippen LogP contribution in [-0.4, -0.2) is 56.0 Å². The zero-order valence-corrected chi connectivity index (χ0v) is 17.2. The summed E-state index contributed by atoms with van der Waals surface area (Å²) in [6.07, 6.45) is 5.79. The van der Waals surface area contributed by atoms with E-state index in [4.69, 9.17) is 16.6 Å². The fourth-order valence-electron chi connectivity index (χ4n) is 3.79. The van der Waals surface area contributed by atoms with E-state index >= 15 is 0 Å². The normalized spacial score (nSPS) is 15.0. The van der Waals surface area contributed by atoms with Crippen molar-refractivity contribution in [3.05, 3.63) is 71.2 Å². The predicted octanol–water partition coefficient (Wildman–Crippen LogP) is 3.06. The summed E-state index contributed by atoms with van der Waals surface area (Å²) in [5.41, 5.74) is 5.95. The number of piperazine rings is 1. The molecule has 2 N–H and O–H groups in total. The minimum atomic E-state index is 0.385. The van der Waals surface area contributed by atoms with Gasteiger partial charge in [-0.2, -0.15) is 0 Å². The number of aromatic nitrogens is 5. The van der Waals surface area contributed by atoms with Crippen LogP contribution in [0.5, 0.6) is 0 Å². The van der Waals surface area contributed by atoms with Crippen LogP contribution in [-0.2, 0) is 13.0 Å². The highest BCUT2D eigenvalue weighted by Gasteiger charge is 2.11. The number of nitrogens with zero attached hydrogens (tertiary/aromatic N) is 5. The molecule has 0 spiro atoms. The highest BCUT2D eigenvalue weighted by atomic mass is 35.5. The minimum absolute atomic E-state index is 0.385. The second kappa shape index (κ2) is 8.47. The lowest BCUT2D eigenvalue weighted by molar-refractivity contribution is 0.233. The molecule has 0 aliphatic carbocycles. The third-order valence-electron chi connectivity index (χ3n) is 5.29. The lowest BCUT2D eigenvalue weighted by Gasteiger charge is -2.27.